The summed E-state index contributed by atoms with van der Waals surface area (Å²) < 4.78 is 1.87. The van der Waals surface area contributed by atoms with Gasteiger partial charge in [0.2, 0.25) is 0 Å². The number of pyridine rings is 1. The van der Waals surface area contributed by atoms with Gasteiger partial charge in [0.05, 0.1) is 18.1 Å². The van der Waals surface area contributed by atoms with Gasteiger partial charge in [-0.05, 0) is 18.6 Å². The molecule has 0 aromatic carbocycles. The van der Waals surface area contributed by atoms with Crippen LogP contribution in [0.4, 0.5) is 0 Å². The minimum atomic E-state index is 0.765. The Morgan fingerprint density at radius 1 is 1.62 bits per heavy atom. The maximum atomic E-state index is 8.40. The van der Waals surface area contributed by atoms with Crippen LogP contribution >= 0.6 is 0 Å². The van der Waals surface area contributed by atoms with E-state index in [1.807, 2.05) is 29.7 Å². The summed E-state index contributed by atoms with van der Waals surface area (Å²) in [4.78, 5) is 4.20. The van der Waals surface area contributed by atoms with Crippen LogP contribution in [0, 0.1) is 6.92 Å². The Bertz CT molecular complexity index is 459. The van der Waals surface area contributed by atoms with Crippen LogP contribution in [0.2, 0.25) is 0 Å². The fourth-order valence-corrected chi connectivity index (χ4v) is 1.33. The van der Waals surface area contributed by atoms with Crippen LogP contribution in [0.15, 0.2) is 29.7 Å². The molecule has 2 aromatic heterocycles. The van der Waals surface area contributed by atoms with E-state index < -0.39 is 0 Å². The highest BCUT2D eigenvalue weighted by molar-refractivity contribution is 5.78. The van der Waals surface area contributed by atoms with Crippen LogP contribution < -0.4 is 0 Å². The van der Waals surface area contributed by atoms with Gasteiger partial charge < -0.3 is 5.21 Å². The molecule has 0 unspecified atom stereocenters. The van der Waals surface area contributed by atoms with Crippen molar-refractivity contribution in [2.45, 2.75) is 6.92 Å². The molecule has 0 bridgehead atoms. The molecule has 0 aliphatic rings. The van der Waals surface area contributed by atoms with E-state index >= 15 is 0 Å². The van der Waals surface area contributed by atoms with Gasteiger partial charge in [-0.3, -0.25) is 4.40 Å². The lowest BCUT2D eigenvalue weighted by Gasteiger charge is -1.97. The molecule has 0 amide bonds. The molecular weight excluding hydrogens is 166 g/mol. The number of rotatable bonds is 1. The summed E-state index contributed by atoms with van der Waals surface area (Å²) >= 11 is 0. The molecule has 0 aliphatic heterocycles. The Morgan fingerprint density at radius 2 is 2.46 bits per heavy atom. The van der Waals surface area contributed by atoms with Crippen molar-refractivity contribution in [3.05, 3.63) is 35.8 Å². The van der Waals surface area contributed by atoms with E-state index in [-0.39, 0.29) is 0 Å². The maximum Gasteiger partial charge on any atom is 0.140 e. The van der Waals surface area contributed by atoms with Gasteiger partial charge in [0.15, 0.2) is 0 Å². The number of nitrogens with zero attached hydrogens (tertiary/aromatic N) is 3. The van der Waals surface area contributed by atoms with Crippen LogP contribution in [-0.4, -0.2) is 20.8 Å². The van der Waals surface area contributed by atoms with Gasteiger partial charge in [0.1, 0.15) is 5.65 Å². The molecular formula is C9H9N3O. The zero-order chi connectivity index (χ0) is 9.26. The summed E-state index contributed by atoms with van der Waals surface area (Å²) in [6, 6.07) is 3.92. The average Bonchev–Trinajstić information content (AvgIpc) is 2.51. The zero-order valence-electron chi connectivity index (χ0n) is 7.18. The summed E-state index contributed by atoms with van der Waals surface area (Å²) in [7, 11) is 0. The van der Waals surface area contributed by atoms with Crippen molar-refractivity contribution in [2.75, 3.05) is 0 Å². The van der Waals surface area contributed by atoms with Crippen LogP contribution in [0.3, 0.4) is 0 Å². The van der Waals surface area contributed by atoms with Gasteiger partial charge in [0.25, 0.3) is 0 Å². The van der Waals surface area contributed by atoms with Crippen molar-refractivity contribution >= 4 is 11.9 Å². The van der Waals surface area contributed by atoms with Crippen molar-refractivity contribution in [3.8, 4) is 0 Å². The third-order valence-electron chi connectivity index (χ3n) is 1.95. The van der Waals surface area contributed by atoms with Crippen molar-refractivity contribution in [3.63, 3.8) is 0 Å². The maximum absolute atomic E-state index is 8.40. The molecule has 0 aliphatic carbocycles. The van der Waals surface area contributed by atoms with E-state index in [0.717, 1.165) is 16.9 Å². The highest BCUT2D eigenvalue weighted by atomic mass is 16.4. The van der Waals surface area contributed by atoms with Gasteiger partial charge in [0, 0.05) is 6.20 Å². The Hall–Kier alpha value is -1.84. The highest BCUT2D eigenvalue weighted by Gasteiger charge is 2.01. The number of imidazole rings is 1. The quantitative estimate of drug-likeness (QED) is 0.405. The summed E-state index contributed by atoms with van der Waals surface area (Å²) in [5, 5.41) is 11.4. The fourth-order valence-electron chi connectivity index (χ4n) is 1.33. The summed E-state index contributed by atoms with van der Waals surface area (Å²) in [6.45, 7) is 1.99. The summed E-state index contributed by atoms with van der Waals surface area (Å²) in [5.74, 6) is 0. The van der Waals surface area contributed by atoms with E-state index in [1.165, 1.54) is 6.21 Å². The molecule has 0 radical (unpaired) electrons. The van der Waals surface area contributed by atoms with Gasteiger partial charge in [-0.1, -0.05) is 11.2 Å². The highest BCUT2D eigenvalue weighted by Crippen LogP contribution is 2.09. The molecule has 66 valence electrons. The molecule has 1 N–H and O–H groups in total. The first-order valence-corrected chi connectivity index (χ1v) is 3.93. The molecule has 0 spiro atoms. The predicted octanol–water partition coefficient (Wildman–Crippen LogP) is 1.45. The third kappa shape index (κ3) is 1.16. The number of oxime groups is 1. The van der Waals surface area contributed by atoms with Crippen molar-refractivity contribution in [2.24, 2.45) is 5.16 Å². The standard InChI is InChI=1S/C9H9N3O/c1-7-3-2-4-12-8(6-11-13)5-10-9(7)12/h2-6,13H,1H3. The van der Waals surface area contributed by atoms with E-state index in [2.05, 4.69) is 10.1 Å². The van der Waals surface area contributed by atoms with Gasteiger partial charge in [-0.25, -0.2) is 4.98 Å². The van der Waals surface area contributed by atoms with Crippen molar-refractivity contribution < 1.29 is 5.21 Å². The Labute approximate surface area is 75.1 Å². The Morgan fingerprint density at radius 3 is 3.23 bits per heavy atom. The molecule has 2 aromatic rings. The van der Waals surface area contributed by atoms with Crippen LogP contribution in [0.1, 0.15) is 11.3 Å². The minimum Gasteiger partial charge on any atom is -0.411 e. The first-order valence-electron chi connectivity index (χ1n) is 3.93. The Balaban J connectivity index is 2.75. The molecule has 2 heterocycles. The third-order valence-corrected chi connectivity index (χ3v) is 1.95. The predicted molar refractivity (Wildman–Crippen MR) is 49.3 cm³/mol. The lowest BCUT2D eigenvalue weighted by Crippen LogP contribution is -1.91. The molecule has 4 heteroatoms. The molecule has 4 nitrogen and oxygen atoms in total. The van der Waals surface area contributed by atoms with Gasteiger partial charge >= 0.3 is 0 Å². The smallest absolute Gasteiger partial charge is 0.140 e. The average molecular weight is 175 g/mol. The van der Waals surface area contributed by atoms with E-state index in [4.69, 9.17) is 5.21 Å². The Kier molecular flexibility index (Phi) is 1.73. The molecule has 0 saturated heterocycles. The molecule has 2 rings (SSSR count). The van der Waals surface area contributed by atoms with E-state index in [1.54, 1.807) is 6.20 Å². The monoisotopic (exact) mass is 175 g/mol. The van der Waals surface area contributed by atoms with Gasteiger partial charge in [-0.15, -0.1) is 0 Å². The lowest BCUT2D eigenvalue weighted by atomic mass is 10.3. The fraction of sp³-hybridized carbons (Fsp3) is 0.111. The number of fused-ring (bicyclic) bond motifs is 1. The normalized spacial score (nSPS) is 11.5. The van der Waals surface area contributed by atoms with Crippen molar-refractivity contribution in [1.29, 1.82) is 0 Å². The minimum absolute atomic E-state index is 0.765. The first kappa shape index (κ1) is 7.79. The first-order chi connectivity index (χ1) is 6.33. The van der Waals surface area contributed by atoms with Crippen LogP contribution in [0.25, 0.3) is 5.65 Å². The summed E-state index contributed by atoms with van der Waals surface area (Å²) in [5.41, 5.74) is 2.75. The van der Waals surface area contributed by atoms with E-state index in [9.17, 15) is 0 Å². The second-order valence-corrected chi connectivity index (χ2v) is 2.81. The largest absolute Gasteiger partial charge is 0.411 e. The molecule has 13 heavy (non-hydrogen) atoms. The second-order valence-electron chi connectivity index (χ2n) is 2.81. The van der Waals surface area contributed by atoms with Crippen LogP contribution in [-0.2, 0) is 0 Å². The molecule has 0 fully saturated rings. The molecule has 0 atom stereocenters. The second kappa shape index (κ2) is 2.90. The number of aryl methyl sites for hydroxylation is 1. The van der Waals surface area contributed by atoms with E-state index in [0.29, 0.717) is 0 Å². The van der Waals surface area contributed by atoms with Gasteiger partial charge in [-0.2, -0.15) is 0 Å². The number of aromatic nitrogens is 2. The van der Waals surface area contributed by atoms with Crippen molar-refractivity contribution in [1.82, 2.24) is 9.38 Å². The SMILES string of the molecule is Cc1cccn2c(C=NO)cnc12. The number of hydrogen-bond donors (Lipinski definition) is 1. The topological polar surface area (TPSA) is 49.9 Å². The zero-order valence-corrected chi connectivity index (χ0v) is 7.18. The van der Waals surface area contributed by atoms with Crippen LogP contribution in [0.5, 0.6) is 0 Å². The summed E-state index contributed by atoms with van der Waals surface area (Å²) in [6.07, 6.45) is 4.91. The lowest BCUT2D eigenvalue weighted by molar-refractivity contribution is 0.321. The molecule has 0 saturated carbocycles. The number of hydrogen-bond acceptors (Lipinski definition) is 3.